The van der Waals surface area contributed by atoms with Crippen molar-refractivity contribution < 1.29 is 4.79 Å². The Hall–Kier alpha value is -2.11. The fourth-order valence-corrected chi connectivity index (χ4v) is 2.37. The number of rotatable bonds is 7. The molecule has 2 aromatic heterocycles. The molecule has 6 nitrogen and oxygen atoms in total. The number of nitrogens with one attached hydrogen (secondary N) is 2. The van der Waals surface area contributed by atoms with E-state index in [0.717, 1.165) is 30.1 Å². The summed E-state index contributed by atoms with van der Waals surface area (Å²) in [6, 6.07) is 2.08. The van der Waals surface area contributed by atoms with E-state index >= 15 is 0 Å². The van der Waals surface area contributed by atoms with E-state index in [-0.39, 0.29) is 11.9 Å². The molecule has 0 saturated heterocycles. The Labute approximate surface area is 125 Å². The Morgan fingerprint density at radius 2 is 2.33 bits per heavy atom. The summed E-state index contributed by atoms with van der Waals surface area (Å²) in [6.07, 6.45) is 5.78. The number of nitrogens with zero attached hydrogens (tertiary/aromatic N) is 3. The van der Waals surface area contributed by atoms with Crippen LogP contribution in [0.5, 0.6) is 0 Å². The van der Waals surface area contributed by atoms with Crippen LogP contribution in [-0.2, 0) is 24.2 Å². The molecule has 2 rings (SSSR count). The summed E-state index contributed by atoms with van der Waals surface area (Å²) in [4.78, 5) is 16.2. The highest BCUT2D eigenvalue weighted by Crippen LogP contribution is 2.03. The van der Waals surface area contributed by atoms with Crippen LogP contribution >= 0.6 is 0 Å². The molecule has 2 N–H and O–H groups in total. The molecule has 0 spiro atoms. The molecule has 0 aliphatic carbocycles. The van der Waals surface area contributed by atoms with Crippen molar-refractivity contribution in [1.29, 1.82) is 0 Å². The van der Waals surface area contributed by atoms with Crippen LogP contribution in [0, 0.1) is 6.92 Å². The third-order valence-electron chi connectivity index (χ3n) is 3.38. The van der Waals surface area contributed by atoms with E-state index in [1.165, 1.54) is 0 Å². The van der Waals surface area contributed by atoms with Crippen molar-refractivity contribution in [3.8, 4) is 0 Å². The highest BCUT2D eigenvalue weighted by atomic mass is 16.1. The summed E-state index contributed by atoms with van der Waals surface area (Å²) in [7, 11) is 0. The van der Waals surface area contributed by atoms with Gasteiger partial charge in [0.1, 0.15) is 5.82 Å². The summed E-state index contributed by atoms with van der Waals surface area (Å²) < 4.78 is 2.03. The molecule has 6 heteroatoms. The zero-order valence-electron chi connectivity index (χ0n) is 12.9. The Bertz CT molecular complexity index is 586. The number of aromatic amines is 1. The highest BCUT2D eigenvalue weighted by molar-refractivity contribution is 5.76. The molecule has 114 valence electrons. The van der Waals surface area contributed by atoms with E-state index in [4.69, 9.17) is 0 Å². The van der Waals surface area contributed by atoms with E-state index in [0.29, 0.717) is 13.0 Å². The highest BCUT2D eigenvalue weighted by Gasteiger charge is 2.10. The fourth-order valence-electron chi connectivity index (χ4n) is 2.37. The minimum Gasteiger partial charge on any atom is -0.353 e. The molecule has 0 radical (unpaired) electrons. The number of amides is 1. The maximum atomic E-state index is 12.0. The quantitative estimate of drug-likeness (QED) is 0.813. The lowest BCUT2D eigenvalue weighted by molar-refractivity contribution is -0.121. The lowest BCUT2D eigenvalue weighted by atomic mass is 10.1. The number of H-pyrrole nitrogens is 1. The van der Waals surface area contributed by atoms with Gasteiger partial charge in [-0.2, -0.15) is 5.10 Å². The molecule has 0 aliphatic rings. The minimum absolute atomic E-state index is 0.0607. The van der Waals surface area contributed by atoms with Crippen molar-refractivity contribution in [2.45, 2.75) is 52.6 Å². The number of hydrogen-bond donors (Lipinski definition) is 2. The smallest absolute Gasteiger partial charge is 0.222 e. The lowest BCUT2D eigenvalue weighted by Crippen LogP contribution is -2.34. The number of imidazole rings is 1. The van der Waals surface area contributed by atoms with Crippen LogP contribution in [0.4, 0.5) is 0 Å². The van der Waals surface area contributed by atoms with Crippen LogP contribution in [0.25, 0.3) is 0 Å². The normalized spacial score (nSPS) is 12.3. The molecule has 0 bridgehead atoms. The molecular weight excluding hydrogens is 266 g/mol. The first-order valence-electron chi connectivity index (χ1n) is 7.38. The molecule has 0 saturated carbocycles. The van der Waals surface area contributed by atoms with Crippen molar-refractivity contribution in [1.82, 2.24) is 25.1 Å². The maximum Gasteiger partial charge on any atom is 0.222 e. The number of hydrogen-bond acceptors (Lipinski definition) is 3. The predicted octanol–water partition coefficient (Wildman–Crippen LogP) is 1.61. The Morgan fingerprint density at radius 3 is 3.00 bits per heavy atom. The summed E-state index contributed by atoms with van der Waals surface area (Å²) in [5.41, 5.74) is 2.01. The van der Waals surface area contributed by atoms with E-state index in [2.05, 4.69) is 27.4 Å². The second kappa shape index (κ2) is 7.06. The predicted molar refractivity (Wildman–Crippen MR) is 80.9 cm³/mol. The topological polar surface area (TPSA) is 75.6 Å². The van der Waals surface area contributed by atoms with Crippen LogP contribution < -0.4 is 5.32 Å². The Morgan fingerprint density at radius 1 is 1.52 bits per heavy atom. The minimum atomic E-state index is 0.0607. The first kappa shape index (κ1) is 15.3. The van der Waals surface area contributed by atoms with Crippen molar-refractivity contribution in [2.24, 2.45) is 0 Å². The van der Waals surface area contributed by atoms with Gasteiger partial charge in [0.25, 0.3) is 0 Å². The van der Waals surface area contributed by atoms with Crippen LogP contribution in [0.1, 0.15) is 37.5 Å². The standard InChI is InChI=1S/C15H23N5O/c1-4-14-16-6-8-20(14)7-5-15(21)17-11(2)9-13-10-12(3)18-19-13/h6,8,10-11H,4-5,7,9H2,1-3H3,(H,17,21)(H,18,19). The van der Waals surface area contributed by atoms with E-state index in [1.54, 1.807) is 6.20 Å². The van der Waals surface area contributed by atoms with Gasteiger partial charge in [-0.05, 0) is 19.9 Å². The number of aromatic nitrogens is 4. The molecule has 1 atom stereocenters. The monoisotopic (exact) mass is 289 g/mol. The van der Waals surface area contributed by atoms with Gasteiger partial charge in [0.2, 0.25) is 5.91 Å². The van der Waals surface area contributed by atoms with Gasteiger partial charge in [0.15, 0.2) is 0 Å². The lowest BCUT2D eigenvalue weighted by Gasteiger charge is -2.13. The van der Waals surface area contributed by atoms with Crippen molar-refractivity contribution in [3.05, 3.63) is 35.7 Å². The molecule has 1 unspecified atom stereocenters. The average Bonchev–Trinajstić information content (AvgIpc) is 3.04. The molecular formula is C15H23N5O. The first-order chi connectivity index (χ1) is 10.1. The van der Waals surface area contributed by atoms with Gasteiger partial charge in [-0.3, -0.25) is 9.89 Å². The molecule has 0 fully saturated rings. The maximum absolute atomic E-state index is 12.0. The zero-order valence-corrected chi connectivity index (χ0v) is 12.9. The summed E-state index contributed by atoms with van der Waals surface area (Å²) >= 11 is 0. The van der Waals surface area contributed by atoms with E-state index < -0.39 is 0 Å². The molecule has 1 amide bonds. The fraction of sp³-hybridized carbons (Fsp3) is 0.533. The SMILES string of the molecule is CCc1nccn1CCC(=O)NC(C)Cc1cc(C)[nH]n1. The van der Waals surface area contributed by atoms with E-state index in [9.17, 15) is 4.79 Å². The average molecular weight is 289 g/mol. The second-order valence-corrected chi connectivity index (χ2v) is 5.36. The van der Waals surface area contributed by atoms with E-state index in [1.807, 2.05) is 30.7 Å². The van der Waals surface area contributed by atoms with Crippen LogP contribution in [-0.4, -0.2) is 31.7 Å². The largest absolute Gasteiger partial charge is 0.353 e. The van der Waals surface area contributed by atoms with Crippen molar-refractivity contribution >= 4 is 5.91 Å². The van der Waals surface area contributed by atoms with Crippen molar-refractivity contribution in [2.75, 3.05) is 0 Å². The summed E-state index contributed by atoms with van der Waals surface area (Å²) in [5, 5.41) is 10.1. The number of carbonyl (C=O) groups excluding carboxylic acids is 1. The van der Waals surface area contributed by atoms with Gasteiger partial charge in [-0.25, -0.2) is 4.98 Å². The van der Waals surface area contributed by atoms with Crippen LogP contribution in [0.3, 0.4) is 0 Å². The van der Waals surface area contributed by atoms with Gasteiger partial charge in [0.05, 0.1) is 5.69 Å². The molecule has 0 aromatic carbocycles. The number of aryl methyl sites for hydroxylation is 3. The van der Waals surface area contributed by atoms with Gasteiger partial charge >= 0.3 is 0 Å². The van der Waals surface area contributed by atoms with Gasteiger partial charge in [-0.1, -0.05) is 6.92 Å². The molecule has 2 heterocycles. The van der Waals surface area contributed by atoms with Gasteiger partial charge in [0, 0.05) is 49.9 Å². The van der Waals surface area contributed by atoms with Crippen molar-refractivity contribution in [3.63, 3.8) is 0 Å². The number of carbonyl (C=O) groups is 1. The molecule has 0 aliphatic heterocycles. The first-order valence-corrected chi connectivity index (χ1v) is 7.38. The summed E-state index contributed by atoms with van der Waals surface area (Å²) in [6.45, 7) is 6.70. The summed E-state index contributed by atoms with van der Waals surface area (Å²) in [5.74, 6) is 1.08. The molecule has 21 heavy (non-hydrogen) atoms. The van der Waals surface area contributed by atoms with Gasteiger partial charge in [-0.15, -0.1) is 0 Å². The Balaban J connectivity index is 1.76. The molecule has 2 aromatic rings. The third-order valence-corrected chi connectivity index (χ3v) is 3.38. The second-order valence-electron chi connectivity index (χ2n) is 5.36. The Kier molecular flexibility index (Phi) is 5.14. The zero-order chi connectivity index (χ0) is 15.2. The van der Waals surface area contributed by atoms with Gasteiger partial charge < -0.3 is 9.88 Å². The third kappa shape index (κ3) is 4.44. The van der Waals surface area contributed by atoms with Crippen LogP contribution in [0.15, 0.2) is 18.5 Å². The van der Waals surface area contributed by atoms with Crippen LogP contribution in [0.2, 0.25) is 0 Å².